The molecule has 4 heteroatoms. The van der Waals surface area contributed by atoms with Gasteiger partial charge in [-0.25, -0.2) is 4.39 Å². The summed E-state index contributed by atoms with van der Waals surface area (Å²) in [5.41, 5.74) is 0.322. The van der Waals surface area contributed by atoms with E-state index in [1.807, 2.05) is 19.1 Å². The molecule has 0 radical (unpaired) electrons. The van der Waals surface area contributed by atoms with Crippen LogP contribution < -0.4 is 4.74 Å². The molecule has 2 nitrogen and oxygen atoms in total. The molecule has 4 unspecified atom stereocenters. The molecule has 4 atom stereocenters. The van der Waals surface area contributed by atoms with E-state index in [0.29, 0.717) is 30.2 Å². The van der Waals surface area contributed by atoms with E-state index in [9.17, 15) is 13.6 Å². The van der Waals surface area contributed by atoms with Gasteiger partial charge in [-0.1, -0.05) is 89.4 Å². The highest BCUT2D eigenvalue weighted by molar-refractivity contribution is 5.75. The van der Waals surface area contributed by atoms with E-state index in [-0.39, 0.29) is 17.6 Å². The number of carbonyl (C=O) groups is 1. The number of hydrogen-bond acceptors (Lipinski definition) is 2. The van der Waals surface area contributed by atoms with Crippen molar-refractivity contribution in [1.82, 2.24) is 0 Å². The van der Waals surface area contributed by atoms with Gasteiger partial charge in [0.15, 0.2) is 11.6 Å². The van der Waals surface area contributed by atoms with Gasteiger partial charge in [0.1, 0.15) is 0 Å². The van der Waals surface area contributed by atoms with Crippen molar-refractivity contribution in [3.05, 3.63) is 41.5 Å². The summed E-state index contributed by atoms with van der Waals surface area (Å²) in [4.78, 5) is 13.2. The Morgan fingerprint density at radius 1 is 0.897 bits per heavy atom. The van der Waals surface area contributed by atoms with Crippen LogP contribution in [0.25, 0.3) is 0 Å². The molecule has 3 aliphatic rings. The highest BCUT2D eigenvalue weighted by Gasteiger charge is 2.43. The molecule has 3 fully saturated rings. The average molecular weight is 543 g/mol. The van der Waals surface area contributed by atoms with Crippen LogP contribution in [0, 0.1) is 47.1 Å². The third kappa shape index (κ3) is 8.17. The van der Waals surface area contributed by atoms with Crippen LogP contribution in [-0.4, -0.2) is 5.97 Å². The van der Waals surface area contributed by atoms with Gasteiger partial charge in [0, 0.05) is 0 Å². The van der Waals surface area contributed by atoms with Gasteiger partial charge in [0.05, 0.1) is 5.92 Å². The van der Waals surface area contributed by atoms with Crippen LogP contribution in [0.15, 0.2) is 24.3 Å². The SMILES string of the molecule is C/C=C/CCc1ccc(OC(=O)C2CCCC3CC(C4CCC(CCCCCCC)CC4)CCC32)c(F)c1F. The van der Waals surface area contributed by atoms with Gasteiger partial charge in [-0.2, -0.15) is 4.39 Å². The fourth-order valence-electron chi connectivity index (χ4n) is 8.14. The molecular formula is C35H52F2O2. The van der Waals surface area contributed by atoms with Gasteiger partial charge < -0.3 is 4.74 Å². The molecule has 3 aliphatic carbocycles. The first-order valence-corrected chi connectivity index (χ1v) is 16.3. The zero-order valence-electron chi connectivity index (χ0n) is 24.6. The van der Waals surface area contributed by atoms with Gasteiger partial charge in [0.25, 0.3) is 0 Å². The molecule has 218 valence electrons. The largest absolute Gasteiger partial charge is 0.423 e. The molecule has 0 amide bonds. The zero-order valence-corrected chi connectivity index (χ0v) is 24.6. The molecule has 1 aromatic rings. The smallest absolute Gasteiger partial charge is 0.314 e. The van der Waals surface area contributed by atoms with E-state index in [4.69, 9.17) is 4.74 Å². The van der Waals surface area contributed by atoms with Gasteiger partial charge in [-0.05, 0) is 99.5 Å². The summed E-state index contributed by atoms with van der Waals surface area (Å²) in [5.74, 6) is 0.772. The van der Waals surface area contributed by atoms with E-state index in [2.05, 4.69) is 6.92 Å². The summed E-state index contributed by atoms with van der Waals surface area (Å²) < 4.78 is 34.9. The third-order valence-electron chi connectivity index (χ3n) is 10.4. The van der Waals surface area contributed by atoms with Crippen LogP contribution in [0.2, 0.25) is 0 Å². The Hall–Kier alpha value is -1.71. The highest BCUT2D eigenvalue weighted by Crippen LogP contribution is 2.50. The number of benzene rings is 1. The second-order valence-electron chi connectivity index (χ2n) is 12.9. The highest BCUT2D eigenvalue weighted by atomic mass is 19.2. The van der Waals surface area contributed by atoms with Crippen molar-refractivity contribution < 1.29 is 18.3 Å². The lowest BCUT2D eigenvalue weighted by Gasteiger charge is -2.46. The van der Waals surface area contributed by atoms with Crippen molar-refractivity contribution in [1.29, 1.82) is 0 Å². The van der Waals surface area contributed by atoms with Crippen molar-refractivity contribution in [3.63, 3.8) is 0 Å². The minimum absolute atomic E-state index is 0.190. The van der Waals surface area contributed by atoms with Gasteiger partial charge >= 0.3 is 5.97 Å². The van der Waals surface area contributed by atoms with Crippen LogP contribution >= 0.6 is 0 Å². The second-order valence-corrected chi connectivity index (χ2v) is 12.9. The average Bonchev–Trinajstić information content (AvgIpc) is 2.96. The molecule has 0 heterocycles. The summed E-state index contributed by atoms with van der Waals surface area (Å²) in [6.45, 7) is 4.19. The van der Waals surface area contributed by atoms with Crippen LogP contribution in [0.1, 0.15) is 129 Å². The molecule has 4 rings (SSSR count). The Labute approximate surface area is 236 Å². The van der Waals surface area contributed by atoms with Crippen LogP contribution in [0.5, 0.6) is 5.75 Å². The number of carbonyl (C=O) groups excluding carboxylic acids is 1. The predicted octanol–water partition coefficient (Wildman–Crippen LogP) is 10.4. The number of aryl methyl sites for hydroxylation is 1. The minimum atomic E-state index is -1.03. The summed E-state index contributed by atoms with van der Waals surface area (Å²) in [7, 11) is 0. The van der Waals surface area contributed by atoms with Gasteiger partial charge in [-0.3, -0.25) is 4.79 Å². The number of halogens is 2. The summed E-state index contributed by atoms with van der Waals surface area (Å²) in [6, 6.07) is 2.99. The van der Waals surface area contributed by atoms with Gasteiger partial charge in [-0.15, -0.1) is 0 Å². The lowest BCUT2D eigenvalue weighted by Crippen LogP contribution is -2.40. The van der Waals surface area contributed by atoms with Crippen molar-refractivity contribution in [2.75, 3.05) is 0 Å². The molecular weight excluding hydrogens is 490 g/mol. The lowest BCUT2D eigenvalue weighted by molar-refractivity contribution is -0.144. The number of rotatable bonds is 12. The standard InChI is InChI=1S/C35H52F2O2/c1-3-5-7-8-10-12-25-16-18-26(19-17-25)28-20-22-30-29(24-28)14-11-15-31(30)35(38)39-32-23-21-27(13-9-6-4-2)33(36)34(32)37/h4,6,21,23,25-26,28-31H,3,5,7-20,22,24H2,1-2H3/b6-4+. The molecule has 39 heavy (non-hydrogen) atoms. The van der Waals surface area contributed by atoms with E-state index in [0.717, 1.165) is 37.0 Å². The van der Waals surface area contributed by atoms with Gasteiger partial charge in [0.2, 0.25) is 5.82 Å². The van der Waals surface area contributed by atoms with Crippen molar-refractivity contribution in [2.24, 2.45) is 35.5 Å². The normalized spacial score (nSPS) is 29.3. The summed E-state index contributed by atoms with van der Waals surface area (Å²) in [6.07, 6.45) is 25.4. The lowest BCUT2D eigenvalue weighted by atomic mass is 9.59. The number of esters is 1. The van der Waals surface area contributed by atoms with E-state index in [1.54, 1.807) is 6.07 Å². The molecule has 0 aliphatic heterocycles. The third-order valence-corrected chi connectivity index (χ3v) is 10.4. The monoisotopic (exact) mass is 542 g/mol. The Morgan fingerprint density at radius 3 is 2.44 bits per heavy atom. The fraction of sp³-hybridized carbons (Fsp3) is 0.743. The van der Waals surface area contributed by atoms with Crippen molar-refractivity contribution in [3.8, 4) is 5.75 Å². The first-order valence-electron chi connectivity index (χ1n) is 16.3. The maximum Gasteiger partial charge on any atom is 0.314 e. The maximum atomic E-state index is 14.8. The number of hydrogen-bond donors (Lipinski definition) is 0. The second kappa shape index (κ2) is 15.3. The molecule has 1 aromatic carbocycles. The molecule has 0 N–H and O–H groups in total. The van der Waals surface area contributed by atoms with Crippen LogP contribution in [0.4, 0.5) is 8.78 Å². The molecule has 0 bridgehead atoms. The van der Waals surface area contributed by atoms with E-state index >= 15 is 0 Å². The quantitative estimate of drug-likeness (QED) is 0.114. The Morgan fingerprint density at radius 2 is 1.67 bits per heavy atom. The molecule has 0 aromatic heterocycles. The summed E-state index contributed by atoms with van der Waals surface area (Å²) >= 11 is 0. The Kier molecular flexibility index (Phi) is 11.9. The zero-order chi connectivity index (χ0) is 27.6. The Bertz CT molecular complexity index is 933. The number of ether oxygens (including phenoxy) is 1. The molecule has 0 saturated heterocycles. The topological polar surface area (TPSA) is 26.3 Å². The van der Waals surface area contributed by atoms with Crippen LogP contribution in [-0.2, 0) is 11.2 Å². The molecule has 0 spiro atoms. The number of unbranched alkanes of at least 4 members (excludes halogenated alkanes) is 4. The summed E-state index contributed by atoms with van der Waals surface area (Å²) in [5, 5.41) is 0. The first-order chi connectivity index (χ1) is 19.0. The number of allylic oxidation sites excluding steroid dienone is 2. The predicted molar refractivity (Wildman–Crippen MR) is 156 cm³/mol. The molecule has 3 saturated carbocycles. The van der Waals surface area contributed by atoms with Crippen molar-refractivity contribution >= 4 is 5.97 Å². The first kappa shape index (κ1) is 30.3. The minimum Gasteiger partial charge on any atom is -0.423 e. The van der Waals surface area contributed by atoms with E-state index < -0.39 is 11.6 Å². The maximum absolute atomic E-state index is 14.8. The van der Waals surface area contributed by atoms with Crippen LogP contribution in [0.3, 0.4) is 0 Å². The fourth-order valence-corrected chi connectivity index (χ4v) is 8.14. The number of fused-ring (bicyclic) bond motifs is 1. The van der Waals surface area contributed by atoms with E-state index in [1.165, 1.54) is 89.5 Å². The van der Waals surface area contributed by atoms with Crippen molar-refractivity contribution in [2.45, 2.75) is 129 Å². The Balaban J connectivity index is 1.26.